The van der Waals surface area contributed by atoms with Crippen molar-refractivity contribution < 1.29 is 23.1 Å². The van der Waals surface area contributed by atoms with Crippen LogP contribution in [0.15, 0.2) is 41.6 Å². The highest BCUT2D eigenvalue weighted by molar-refractivity contribution is 7.91. The number of benzene rings is 1. The Morgan fingerprint density at radius 1 is 1.29 bits per heavy atom. The zero-order valence-corrected chi connectivity index (χ0v) is 19.3. The van der Waals surface area contributed by atoms with Crippen LogP contribution in [0.1, 0.15) is 40.0 Å². The molecule has 0 bridgehead atoms. The molecule has 1 saturated carbocycles. The van der Waals surface area contributed by atoms with Crippen LogP contribution in [0.3, 0.4) is 0 Å². The zero-order chi connectivity index (χ0) is 22.6. The Morgan fingerprint density at radius 2 is 2.03 bits per heavy atom. The number of aromatic nitrogens is 1. The zero-order valence-electron chi connectivity index (χ0n) is 18.5. The molecule has 0 aliphatic heterocycles. The second-order valence-electron chi connectivity index (χ2n) is 9.24. The highest BCUT2D eigenvalue weighted by atomic mass is 32.2. The van der Waals surface area contributed by atoms with Crippen LogP contribution in [0, 0.1) is 11.8 Å². The summed E-state index contributed by atoms with van der Waals surface area (Å²) in [6.45, 7) is 5.98. The van der Waals surface area contributed by atoms with Gasteiger partial charge in [-0.3, -0.25) is 4.98 Å². The first-order chi connectivity index (χ1) is 14.6. The van der Waals surface area contributed by atoms with Gasteiger partial charge in [0.1, 0.15) is 5.60 Å². The van der Waals surface area contributed by atoms with Gasteiger partial charge in [-0.25, -0.2) is 13.2 Å². The van der Waals surface area contributed by atoms with Crippen LogP contribution in [0.5, 0.6) is 0 Å². The van der Waals surface area contributed by atoms with Crippen molar-refractivity contribution in [1.82, 2.24) is 9.88 Å². The molecule has 3 rings (SSSR count). The van der Waals surface area contributed by atoms with Crippen molar-refractivity contribution in [3.8, 4) is 0 Å². The number of aliphatic hydroxyl groups is 1. The maximum absolute atomic E-state index is 13.4. The Hall–Kier alpha value is -2.19. The van der Waals surface area contributed by atoms with Crippen LogP contribution in [0.4, 0.5) is 4.79 Å². The van der Waals surface area contributed by atoms with Gasteiger partial charge in [-0.2, -0.15) is 0 Å². The van der Waals surface area contributed by atoms with E-state index in [0.717, 1.165) is 18.2 Å². The van der Waals surface area contributed by atoms with E-state index in [2.05, 4.69) is 4.98 Å². The van der Waals surface area contributed by atoms with Gasteiger partial charge in [0, 0.05) is 42.9 Å². The average Bonchev–Trinajstić information content (AvgIpc) is 3.53. The monoisotopic (exact) mass is 448 g/mol. The molecule has 1 aromatic carbocycles. The summed E-state index contributed by atoms with van der Waals surface area (Å²) in [6.07, 6.45) is 5.12. The van der Waals surface area contributed by atoms with Gasteiger partial charge in [-0.15, -0.1) is 0 Å². The van der Waals surface area contributed by atoms with Gasteiger partial charge < -0.3 is 14.7 Å². The van der Waals surface area contributed by atoms with Gasteiger partial charge in [-0.1, -0.05) is 12.1 Å². The normalized spacial score (nSPS) is 15.6. The number of sulfone groups is 1. The molecule has 1 atom stereocenters. The van der Waals surface area contributed by atoms with E-state index in [1.165, 1.54) is 0 Å². The molecule has 0 spiro atoms. The van der Waals surface area contributed by atoms with Crippen LogP contribution in [-0.2, 0) is 14.6 Å². The topological polar surface area (TPSA) is 96.8 Å². The molecular formula is C23H32N2O5S. The number of carbonyl (C=O) groups excluding carboxylic acids is 1. The van der Waals surface area contributed by atoms with E-state index in [4.69, 9.17) is 4.74 Å². The summed E-state index contributed by atoms with van der Waals surface area (Å²) >= 11 is 0. The molecule has 1 heterocycles. The lowest BCUT2D eigenvalue weighted by molar-refractivity contribution is 0.0209. The van der Waals surface area contributed by atoms with E-state index in [1.807, 2.05) is 6.07 Å². The molecule has 1 aliphatic carbocycles. The van der Waals surface area contributed by atoms with E-state index in [1.54, 1.807) is 56.3 Å². The molecule has 170 valence electrons. The molecule has 1 N–H and O–H groups in total. The second-order valence-corrected chi connectivity index (χ2v) is 11.2. The largest absolute Gasteiger partial charge is 0.444 e. The third-order valence-corrected chi connectivity index (χ3v) is 7.28. The van der Waals surface area contributed by atoms with Gasteiger partial charge >= 0.3 is 6.09 Å². The quantitative estimate of drug-likeness (QED) is 0.629. The lowest BCUT2D eigenvalue weighted by Crippen LogP contribution is -2.42. The van der Waals surface area contributed by atoms with Crippen molar-refractivity contribution in [2.75, 3.05) is 25.4 Å². The third-order valence-electron chi connectivity index (χ3n) is 5.39. The lowest BCUT2D eigenvalue weighted by Gasteiger charge is -2.30. The lowest BCUT2D eigenvalue weighted by atomic mass is 10.1. The van der Waals surface area contributed by atoms with E-state index >= 15 is 0 Å². The highest BCUT2D eigenvalue weighted by Gasteiger charge is 2.37. The highest BCUT2D eigenvalue weighted by Crippen LogP contribution is 2.39. The smallest absolute Gasteiger partial charge is 0.410 e. The predicted octanol–water partition coefficient (Wildman–Crippen LogP) is 3.65. The minimum absolute atomic E-state index is 0.0302. The third kappa shape index (κ3) is 6.40. The first-order valence-corrected chi connectivity index (χ1v) is 12.4. The van der Waals surface area contributed by atoms with Gasteiger partial charge in [0.05, 0.1) is 10.6 Å². The minimum Gasteiger partial charge on any atom is -0.444 e. The number of aliphatic hydroxyl groups excluding tert-OH is 1. The van der Waals surface area contributed by atoms with E-state index in [9.17, 15) is 18.3 Å². The van der Waals surface area contributed by atoms with Crippen molar-refractivity contribution in [2.24, 2.45) is 11.8 Å². The molecular weight excluding hydrogens is 416 g/mol. The molecule has 7 nitrogen and oxygen atoms in total. The van der Waals surface area contributed by atoms with Crippen LogP contribution < -0.4 is 0 Å². The van der Waals surface area contributed by atoms with Gasteiger partial charge in [0.2, 0.25) is 0 Å². The van der Waals surface area contributed by atoms with Crippen molar-refractivity contribution in [3.05, 3.63) is 36.7 Å². The molecule has 0 radical (unpaired) electrons. The van der Waals surface area contributed by atoms with Crippen molar-refractivity contribution in [1.29, 1.82) is 0 Å². The Kier molecular flexibility index (Phi) is 7.21. The standard InChI is InChI=1S/C23H32N2O5S/c1-23(2,3)30-22(27)25(12-5-13-26)15-19(17-8-9-17)16-31(28,29)21-7-4-6-18-14-24-11-10-20(18)21/h4,6-7,10-11,14,17,19,26H,5,8-9,12-13,15-16H2,1-3H3. The molecule has 31 heavy (non-hydrogen) atoms. The Bertz CT molecular complexity index is 1010. The number of ether oxygens (including phenoxy) is 1. The van der Waals surface area contributed by atoms with Crippen molar-refractivity contribution in [3.63, 3.8) is 0 Å². The SMILES string of the molecule is CC(C)(C)OC(=O)N(CCCO)CC(CS(=O)(=O)c1cccc2cnccc12)C1CC1. The fourth-order valence-electron chi connectivity index (χ4n) is 3.77. The van der Waals surface area contributed by atoms with E-state index in [0.29, 0.717) is 29.8 Å². The van der Waals surface area contributed by atoms with Crippen LogP contribution in [-0.4, -0.2) is 60.6 Å². The number of fused-ring (bicyclic) bond motifs is 1. The summed E-state index contributed by atoms with van der Waals surface area (Å²) in [5.74, 6) is 0.0520. The van der Waals surface area contributed by atoms with Crippen LogP contribution >= 0.6 is 0 Å². The average molecular weight is 449 g/mol. The fourth-order valence-corrected chi connectivity index (χ4v) is 5.70. The molecule has 1 aromatic heterocycles. The maximum atomic E-state index is 13.4. The summed E-state index contributed by atoms with van der Waals surface area (Å²) < 4.78 is 32.3. The first kappa shape index (κ1) is 23.5. The Balaban J connectivity index is 1.83. The predicted molar refractivity (Wildman–Crippen MR) is 120 cm³/mol. The minimum atomic E-state index is -3.57. The molecule has 1 amide bonds. The molecule has 0 saturated heterocycles. The first-order valence-electron chi connectivity index (χ1n) is 10.7. The molecule has 2 aromatic rings. The van der Waals surface area contributed by atoms with Crippen molar-refractivity contribution >= 4 is 26.7 Å². The van der Waals surface area contributed by atoms with Crippen LogP contribution in [0.2, 0.25) is 0 Å². The van der Waals surface area contributed by atoms with E-state index in [-0.39, 0.29) is 24.2 Å². The number of carbonyl (C=O) groups is 1. The Morgan fingerprint density at radius 3 is 2.68 bits per heavy atom. The van der Waals surface area contributed by atoms with Crippen LogP contribution in [0.25, 0.3) is 10.8 Å². The number of nitrogens with zero attached hydrogens (tertiary/aromatic N) is 2. The molecule has 8 heteroatoms. The van der Waals surface area contributed by atoms with Gasteiger partial charge in [0.25, 0.3) is 0 Å². The number of pyridine rings is 1. The Labute approximate surface area is 184 Å². The maximum Gasteiger partial charge on any atom is 0.410 e. The van der Waals surface area contributed by atoms with Crippen molar-refractivity contribution in [2.45, 2.75) is 50.5 Å². The summed E-state index contributed by atoms with van der Waals surface area (Å²) in [4.78, 5) is 18.6. The fraction of sp³-hybridized carbons (Fsp3) is 0.565. The summed E-state index contributed by atoms with van der Waals surface area (Å²) in [6, 6.07) is 6.94. The number of amides is 1. The molecule has 1 fully saturated rings. The van der Waals surface area contributed by atoms with Gasteiger partial charge in [0.15, 0.2) is 9.84 Å². The van der Waals surface area contributed by atoms with E-state index < -0.39 is 21.5 Å². The number of hydrogen-bond acceptors (Lipinski definition) is 6. The van der Waals surface area contributed by atoms with Gasteiger partial charge in [-0.05, 0) is 64.0 Å². The number of rotatable bonds is 9. The summed E-state index contributed by atoms with van der Waals surface area (Å²) in [5, 5.41) is 10.7. The summed E-state index contributed by atoms with van der Waals surface area (Å²) in [5.41, 5.74) is -0.646. The molecule has 1 aliphatic rings. The summed E-state index contributed by atoms with van der Waals surface area (Å²) in [7, 11) is -3.57. The second kappa shape index (κ2) is 9.53. The number of hydrogen-bond donors (Lipinski definition) is 1. The molecule has 1 unspecified atom stereocenters.